The third kappa shape index (κ3) is 2.22. The number of aromatic nitrogens is 1. The average Bonchev–Trinajstić information content (AvgIpc) is 3.18. The van der Waals surface area contributed by atoms with Gasteiger partial charge < -0.3 is 15.0 Å². The monoisotopic (exact) mass is 312 g/mol. The summed E-state index contributed by atoms with van der Waals surface area (Å²) in [4.78, 5) is 29.6. The van der Waals surface area contributed by atoms with Gasteiger partial charge in [0.25, 0.3) is 5.91 Å². The number of H-pyrrole nitrogens is 1. The van der Waals surface area contributed by atoms with Crippen molar-refractivity contribution >= 4 is 22.8 Å². The molecule has 1 aromatic carbocycles. The number of para-hydroxylation sites is 1. The Labute approximate surface area is 134 Å². The summed E-state index contributed by atoms with van der Waals surface area (Å²) in [6.45, 7) is 0. The molecule has 1 aliphatic heterocycles. The first-order chi connectivity index (χ1) is 11.2. The van der Waals surface area contributed by atoms with Crippen molar-refractivity contribution in [1.29, 1.82) is 0 Å². The molecule has 2 heterocycles. The average molecular weight is 312 g/mol. The van der Waals surface area contributed by atoms with Crippen LogP contribution in [0, 0.1) is 5.92 Å². The SMILES string of the molecule is O=C(O)[C@@H]1C[C@H]2CCCC[C@H]2N1C(=O)c1cccc2cc[nH]c12. The van der Waals surface area contributed by atoms with E-state index in [1.807, 2.05) is 24.4 Å². The van der Waals surface area contributed by atoms with Crippen molar-refractivity contribution < 1.29 is 14.7 Å². The second kappa shape index (κ2) is 5.41. The Balaban J connectivity index is 1.75. The molecular weight excluding hydrogens is 292 g/mol. The fourth-order valence-corrected chi connectivity index (χ4v) is 4.37. The van der Waals surface area contributed by atoms with E-state index in [4.69, 9.17) is 0 Å². The summed E-state index contributed by atoms with van der Waals surface area (Å²) in [5.41, 5.74) is 1.37. The van der Waals surface area contributed by atoms with Crippen LogP contribution in [-0.2, 0) is 4.79 Å². The van der Waals surface area contributed by atoms with Crippen molar-refractivity contribution in [2.45, 2.75) is 44.2 Å². The molecule has 23 heavy (non-hydrogen) atoms. The van der Waals surface area contributed by atoms with E-state index in [0.717, 1.165) is 36.6 Å². The van der Waals surface area contributed by atoms with E-state index < -0.39 is 12.0 Å². The quantitative estimate of drug-likeness (QED) is 0.895. The highest BCUT2D eigenvalue weighted by Gasteiger charge is 2.47. The van der Waals surface area contributed by atoms with Gasteiger partial charge in [-0.3, -0.25) is 4.79 Å². The van der Waals surface area contributed by atoms with Crippen LogP contribution in [-0.4, -0.2) is 39.0 Å². The second-order valence-electron chi connectivity index (χ2n) is 6.66. The Morgan fingerprint density at radius 3 is 2.83 bits per heavy atom. The lowest BCUT2D eigenvalue weighted by molar-refractivity contribution is -0.141. The van der Waals surface area contributed by atoms with Crippen LogP contribution in [0.5, 0.6) is 0 Å². The van der Waals surface area contributed by atoms with Gasteiger partial charge in [0.1, 0.15) is 6.04 Å². The van der Waals surface area contributed by atoms with Crippen LogP contribution in [0.25, 0.3) is 10.9 Å². The number of aliphatic carboxylic acids is 1. The van der Waals surface area contributed by atoms with Crippen LogP contribution in [0.4, 0.5) is 0 Å². The highest BCUT2D eigenvalue weighted by molar-refractivity contribution is 6.07. The van der Waals surface area contributed by atoms with Crippen molar-refractivity contribution in [1.82, 2.24) is 9.88 Å². The number of hydrogen-bond acceptors (Lipinski definition) is 2. The van der Waals surface area contributed by atoms with E-state index in [9.17, 15) is 14.7 Å². The maximum Gasteiger partial charge on any atom is 0.326 e. The van der Waals surface area contributed by atoms with Gasteiger partial charge in [-0.2, -0.15) is 0 Å². The highest BCUT2D eigenvalue weighted by atomic mass is 16.4. The summed E-state index contributed by atoms with van der Waals surface area (Å²) in [6.07, 6.45) is 6.56. The Hall–Kier alpha value is -2.30. The van der Waals surface area contributed by atoms with Gasteiger partial charge in [0.05, 0.1) is 11.1 Å². The molecule has 2 N–H and O–H groups in total. The molecule has 120 valence electrons. The molecule has 0 bridgehead atoms. The van der Waals surface area contributed by atoms with Gasteiger partial charge in [-0.1, -0.05) is 25.0 Å². The molecule has 0 unspecified atom stereocenters. The summed E-state index contributed by atoms with van der Waals surface area (Å²) >= 11 is 0. The van der Waals surface area contributed by atoms with Crippen molar-refractivity contribution in [2.75, 3.05) is 0 Å². The molecule has 1 aromatic heterocycles. The summed E-state index contributed by atoms with van der Waals surface area (Å²) in [7, 11) is 0. The number of carboxylic acids is 1. The van der Waals surface area contributed by atoms with Gasteiger partial charge in [-0.25, -0.2) is 4.79 Å². The summed E-state index contributed by atoms with van der Waals surface area (Å²) in [6, 6.07) is 6.89. The summed E-state index contributed by atoms with van der Waals surface area (Å²) in [5.74, 6) is -0.706. The lowest BCUT2D eigenvalue weighted by Crippen LogP contribution is -2.46. The maximum atomic E-state index is 13.2. The van der Waals surface area contributed by atoms with Crippen molar-refractivity contribution in [2.24, 2.45) is 5.92 Å². The van der Waals surface area contributed by atoms with E-state index in [2.05, 4.69) is 4.98 Å². The third-order valence-corrected chi connectivity index (χ3v) is 5.43. The molecular formula is C18H20N2O3. The topological polar surface area (TPSA) is 73.4 Å². The Kier molecular flexibility index (Phi) is 3.36. The molecule has 0 radical (unpaired) electrons. The van der Waals surface area contributed by atoms with Crippen LogP contribution in [0.1, 0.15) is 42.5 Å². The number of carbonyl (C=O) groups excluding carboxylic acids is 1. The number of carbonyl (C=O) groups is 2. The number of nitrogens with zero attached hydrogens (tertiary/aromatic N) is 1. The first-order valence-electron chi connectivity index (χ1n) is 8.28. The summed E-state index contributed by atoms with van der Waals surface area (Å²) < 4.78 is 0. The predicted octanol–water partition coefficient (Wildman–Crippen LogP) is 3.03. The van der Waals surface area contributed by atoms with E-state index in [1.54, 1.807) is 11.0 Å². The Morgan fingerprint density at radius 2 is 2.00 bits per heavy atom. The number of aromatic amines is 1. The van der Waals surface area contributed by atoms with Crippen molar-refractivity contribution in [3.8, 4) is 0 Å². The van der Waals surface area contributed by atoms with Gasteiger partial charge in [-0.15, -0.1) is 0 Å². The first-order valence-corrected chi connectivity index (χ1v) is 8.28. The number of hydrogen-bond donors (Lipinski definition) is 2. The normalized spacial score (nSPS) is 27.1. The van der Waals surface area contributed by atoms with Crippen LogP contribution < -0.4 is 0 Å². The lowest BCUT2D eigenvalue weighted by atomic mass is 9.84. The first kappa shape index (κ1) is 14.3. The fraction of sp³-hybridized carbons (Fsp3) is 0.444. The number of rotatable bonds is 2. The van der Waals surface area contributed by atoms with Crippen LogP contribution in [0.2, 0.25) is 0 Å². The van der Waals surface area contributed by atoms with E-state index in [0.29, 0.717) is 17.9 Å². The molecule has 2 aromatic rings. The number of amides is 1. The van der Waals surface area contributed by atoms with Gasteiger partial charge in [0.2, 0.25) is 0 Å². The van der Waals surface area contributed by atoms with E-state index in [1.165, 1.54) is 0 Å². The molecule has 3 atom stereocenters. The lowest BCUT2D eigenvalue weighted by Gasteiger charge is -2.33. The minimum atomic E-state index is -0.883. The molecule has 5 nitrogen and oxygen atoms in total. The molecule has 1 amide bonds. The van der Waals surface area contributed by atoms with Crippen LogP contribution in [0.15, 0.2) is 30.5 Å². The Morgan fingerprint density at radius 1 is 1.17 bits per heavy atom. The molecule has 0 spiro atoms. The zero-order valence-corrected chi connectivity index (χ0v) is 12.9. The molecule has 2 fully saturated rings. The smallest absolute Gasteiger partial charge is 0.326 e. The van der Waals surface area contributed by atoms with Crippen LogP contribution in [0.3, 0.4) is 0 Å². The van der Waals surface area contributed by atoms with Crippen molar-refractivity contribution in [3.05, 3.63) is 36.0 Å². The number of likely N-dealkylation sites (tertiary alicyclic amines) is 1. The van der Waals surface area contributed by atoms with Gasteiger partial charge in [0.15, 0.2) is 0 Å². The zero-order valence-electron chi connectivity index (χ0n) is 12.9. The number of benzene rings is 1. The predicted molar refractivity (Wildman–Crippen MR) is 86.3 cm³/mol. The Bertz CT molecular complexity index is 766. The number of carboxylic acid groups (broad SMARTS) is 1. The van der Waals surface area contributed by atoms with Crippen LogP contribution >= 0.6 is 0 Å². The zero-order chi connectivity index (χ0) is 16.0. The molecule has 1 saturated carbocycles. The van der Waals surface area contributed by atoms with E-state index >= 15 is 0 Å². The third-order valence-electron chi connectivity index (χ3n) is 5.43. The fourth-order valence-electron chi connectivity index (χ4n) is 4.37. The second-order valence-corrected chi connectivity index (χ2v) is 6.66. The maximum absolute atomic E-state index is 13.2. The van der Waals surface area contributed by atoms with Gasteiger partial charge in [0, 0.05) is 17.6 Å². The van der Waals surface area contributed by atoms with Gasteiger partial charge >= 0.3 is 5.97 Å². The minimum Gasteiger partial charge on any atom is -0.480 e. The van der Waals surface area contributed by atoms with E-state index in [-0.39, 0.29) is 11.9 Å². The van der Waals surface area contributed by atoms with Crippen molar-refractivity contribution in [3.63, 3.8) is 0 Å². The summed E-state index contributed by atoms with van der Waals surface area (Å²) in [5, 5.41) is 10.6. The standard InChI is InChI=1S/C18H20N2O3/c21-17(13-6-3-5-11-8-9-19-16(11)13)20-14-7-2-1-4-12(14)10-15(20)18(22)23/h3,5-6,8-9,12,14-15,19H,1-2,4,7,10H2,(H,22,23)/t12-,14-,15+/m1/s1. The highest BCUT2D eigenvalue weighted by Crippen LogP contribution is 2.40. The molecule has 1 saturated heterocycles. The largest absolute Gasteiger partial charge is 0.480 e. The number of fused-ring (bicyclic) bond motifs is 2. The minimum absolute atomic E-state index is 0.0718. The van der Waals surface area contributed by atoms with Gasteiger partial charge in [-0.05, 0) is 37.3 Å². The molecule has 1 aliphatic carbocycles. The molecule has 2 aliphatic rings. The number of nitrogens with one attached hydrogen (secondary N) is 1. The molecule has 5 heteroatoms. The molecule has 4 rings (SSSR count).